The first-order chi connectivity index (χ1) is 16.7. The third-order valence-corrected chi connectivity index (χ3v) is 8.26. The lowest BCUT2D eigenvalue weighted by Crippen LogP contribution is -2.46. The van der Waals surface area contributed by atoms with E-state index in [1.807, 2.05) is 38.8 Å². The molecule has 9 heteroatoms. The van der Waals surface area contributed by atoms with Gasteiger partial charge in [-0.2, -0.15) is 5.26 Å². The molecule has 182 valence electrons. The summed E-state index contributed by atoms with van der Waals surface area (Å²) in [5.41, 5.74) is 1.08. The number of carbonyl (C=O) groups excluding carboxylic acids is 1. The topological polar surface area (TPSA) is 98.5 Å². The molecule has 0 bridgehead atoms. The van der Waals surface area contributed by atoms with Gasteiger partial charge in [-0.25, -0.2) is 19.7 Å². The van der Waals surface area contributed by atoms with E-state index in [4.69, 9.17) is 14.7 Å². The van der Waals surface area contributed by atoms with Crippen molar-refractivity contribution < 1.29 is 9.53 Å². The van der Waals surface area contributed by atoms with Gasteiger partial charge in [-0.1, -0.05) is 6.42 Å². The number of anilines is 3. The Balaban J connectivity index is 1.32. The summed E-state index contributed by atoms with van der Waals surface area (Å²) in [5, 5.41) is 9.38. The van der Waals surface area contributed by atoms with Crippen molar-refractivity contribution in [1.29, 1.82) is 5.26 Å². The van der Waals surface area contributed by atoms with Crippen molar-refractivity contribution in [3.05, 3.63) is 35.8 Å². The minimum atomic E-state index is -0.519. The molecule has 1 saturated heterocycles. The van der Waals surface area contributed by atoms with E-state index in [1.54, 1.807) is 18.6 Å². The van der Waals surface area contributed by atoms with E-state index >= 15 is 0 Å². The van der Waals surface area contributed by atoms with Gasteiger partial charge in [0.15, 0.2) is 0 Å². The van der Waals surface area contributed by atoms with E-state index in [9.17, 15) is 10.1 Å². The molecule has 0 radical (unpaired) electrons. The molecule has 2 aliphatic carbocycles. The lowest BCUT2D eigenvalue weighted by atomic mass is 9.66. The Morgan fingerprint density at radius 3 is 2.69 bits per heavy atom. The highest BCUT2D eigenvalue weighted by atomic mass is 16.6. The number of aromatic nitrogens is 3. The zero-order valence-corrected chi connectivity index (χ0v) is 20.8. The summed E-state index contributed by atoms with van der Waals surface area (Å²) >= 11 is 0. The molecule has 4 aliphatic rings. The fraction of sp³-hybridized carbons (Fsp3) is 0.577. The van der Waals surface area contributed by atoms with Crippen molar-refractivity contribution in [3.8, 4) is 6.07 Å². The zero-order chi connectivity index (χ0) is 24.6. The van der Waals surface area contributed by atoms with Crippen molar-refractivity contribution in [3.63, 3.8) is 0 Å². The normalized spacial score (nSPS) is 25.5. The van der Waals surface area contributed by atoms with Gasteiger partial charge in [-0.15, -0.1) is 0 Å². The van der Waals surface area contributed by atoms with E-state index in [2.05, 4.69) is 20.9 Å². The number of likely N-dealkylation sites (N-methyl/N-ethyl adjacent to an activating group) is 1. The number of nitriles is 1. The fourth-order valence-corrected chi connectivity index (χ4v) is 6.23. The third-order valence-electron chi connectivity index (χ3n) is 8.26. The molecule has 2 aromatic rings. The van der Waals surface area contributed by atoms with Gasteiger partial charge in [0.25, 0.3) is 0 Å². The predicted octanol–water partition coefficient (Wildman–Crippen LogP) is 3.76. The standard InChI is InChI=1S/C26H31N7O2/c1-24(2,3)35-23(34)31(4)26-11-18(26)13-32(15-26)21-20-22(30-16-29-21)33(14-25(20)7-5-8-25)19-10-17(12-27)6-9-28-19/h6,9-10,16,18H,5,7-8,11,13-15H2,1-4H3. The maximum Gasteiger partial charge on any atom is 0.410 e. The van der Waals surface area contributed by atoms with Crippen LogP contribution in [0.25, 0.3) is 0 Å². The monoisotopic (exact) mass is 473 g/mol. The highest BCUT2D eigenvalue weighted by Gasteiger charge is 2.65. The molecule has 2 aliphatic heterocycles. The molecule has 35 heavy (non-hydrogen) atoms. The number of pyridine rings is 1. The highest BCUT2D eigenvalue weighted by Crippen LogP contribution is 2.59. The van der Waals surface area contributed by atoms with Crippen LogP contribution in [0.2, 0.25) is 0 Å². The van der Waals surface area contributed by atoms with Crippen molar-refractivity contribution in [2.75, 3.05) is 36.5 Å². The molecule has 0 N–H and O–H groups in total. The Labute approximate surface area is 205 Å². The first-order valence-corrected chi connectivity index (χ1v) is 12.4. The lowest BCUT2D eigenvalue weighted by Gasteiger charge is -2.40. The molecule has 2 atom stereocenters. The lowest BCUT2D eigenvalue weighted by molar-refractivity contribution is 0.0201. The maximum atomic E-state index is 12.8. The van der Waals surface area contributed by atoms with Crippen molar-refractivity contribution in [2.24, 2.45) is 5.92 Å². The maximum absolute atomic E-state index is 12.8. The zero-order valence-electron chi connectivity index (χ0n) is 20.8. The summed E-state index contributed by atoms with van der Waals surface area (Å²) in [5.74, 6) is 3.05. The third kappa shape index (κ3) is 3.33. The minimum Gasteiger partial charge on any atom is -0.444 e. The number of nitrogens with zero attached hydrogens (tertiary/aromatic N) is 7. The van der Waals surface area contributed by atoms with E-state index in [1.165, 1.54) is 12.0 Å². The van der Waals surface area contributed by atoms with Crippen LogP contribution in [0, 0.1) is 17.2 Å². The first kappa shape index (κ1) is 22.1. The first-order valence-electron chi connectivity index (χ1n) is 12.4. The quantitative estimate of drug-likeness (QED) is 0.665. The Bertz CT molecular complexity index is 1240. The highest BCUT2D eigenvalue weighted by molar-refractivity contribution is 5.76. The molecule has 6 rings (SSSR count). The van der Waals surface area contributed by atoms with Gasteiger partial charge in [-0.3, -0.25) is 0 Å². The molecule has 3 fully saturated rings. The molecule has 1 amide bonds. The molecule has 4 heterocycles. The number of carbonyl (C=O) groups is 1. The molecule has 2 unspecified atom stereocenters. The van der Waals surface area contributed by atoms with Gasteiger partial charge in [0.1, 0.15) is 29.4 Å². The SMILES string of the molecule is CN(C(=O)OC(C)(C)C)C12CC1CN(c1ncnc3c1C1(CCC1)CN3c1cc(C#N)ccn1)C2. The average molecular weight is 474 g/mol. The van der Waals surface area contributed by atoms with Gasteiger partial charge in [0, 0.05) is 49.8 Å². The second kappa shape index (κ2) is 7.30. The second-order valence-electron chi connectivity index (χ2n) is 11.6. The summed E-state index contributed by atoms with van der Waals surface area (Å²) in [6, 6.07) is 5.77. The van der Waals surface area contributed by atoms with Crippen molar-refractivity contribution in [1.82, 2.24) is 19.9 Å². The molecule has 0 aromatic carbocycles. The fourth-order valence-electron chi connectivity index (χ4n) is 6.23. The number of amides is 1. The van der Waals surface area contributed by atoms with Crippen molar-refractivity contribution in [2.45, 2.75) is 63.0 Å². The molecular formula is C26H31N7O2. The van der Waals surface area contributed by atoms with Gasteiger partial charge < -0.3 is 19.4 Å². The number of piperidine rings is 1. The Kier molecular flexibility index (Phi) is 4.60. The molecule has 9 nitrogen and oxygen atoms in total. The molecule has 1 spiro atoms. The summed E-state index contributed by atoms with van der Waals surface area (Å²) < 4.78 is 5.67. The summed E-state index contributed by atoms with van der Waals surface area (Å²) in [4.78, 5) is 33.2. The number of ether oxygens (including phenoxy) is 1. The van der Waals surface area contributed by atoms with Crippen LogP contribution in [0.3, 0.4) is 0 Å². The Hall–Kier alpha value is -3.41. The van der Waals surface area contributed by atoms with Crippen LogP contribution in [0.1, 0.15) is 57.6 Å². The van der Waals surface area contributed by atoms with Gasteiger partial charge in [0.05, 0.1) is 17.2 Å². The summed E-state index contributed by atoms with van der Waals surface area (Å²) in [6.07, 6.45) is 7.42. The number of hydrogen-bond acceptors (Lipinski definition) is 8. The van der Waals surface area contributed by atoms with Crippen LogP contribution in [-0.4, -0.2) is 63.8 Å². The van der Waals surface area contributed by atoms with E-state index in [0.29, 0.717) is 11.5 Å². The van der Waals surface area contributed by atoms with Crippen LogP contribution >= 0.6 is 0 Å². The second-order valence-corrected chi connectivity index (χ2v) is 11.6. The van der Waals surface area contributed by atoms with Crippen LogP contribution in [0.4, 0.5) is 22.2 Å². The smallest absolute Gasteiger partial charge is 0.410 e. The average Bonchev–Trinajstić information content (AvgIpc) is 3.19. The van der Waals surface area contributed by atoms with Gasteiger partial charge in [-0.05, 0) is 52.2 Å². The number of rotatable bonds is 3. The van der Waals surface area contributed by atoms with Crippen LogP contribution in [-0.2, 0) is 10.2 Å². The molecule has 2 aromatic heterocycles. The van der Waals surface area contributed by atoms with E-state index in [0.717, 1.165) is 56.4 Å². The van der Waals surface area contributed by atoms with Crippen molar-refractivity contribution >= 4 is 23.5 Å². The molecular weight excluding hydrogens is 442 g/mol. The van der Waals surface area contributed by atoms with Crippen LogP contribution in [0.15, 0.2) is 24.7 Å². The van der Waals surface area contributed by atoms with Crippen LogP contribution < -0.4 is 9.80 Å². The van der Waals surface area contributed by atoms with Gasteiger partial charge >= 0.3 is 6.09 Å². The van der Waals surface area contributed by atoms with Gasteiger partial charge in [0.2, 0.25) is 0 Å². The summed E-state index contributed by atoms with van der Waals surface area (Å²) in [6.45, 7) is 8.12. The Morgan fingerprint density at radius 1 is 1.23 bits per heavy atom. The van der Waals surface area contributed by atoms with E-state index in [-0.39, 0.29) is 17.0 Å². The number of fused-ring (bicyclic) bond motifs is 3. The Morgan fingerprint density at radius 2 is 2.00 bits per heavy atom. The summed E-state index contributed by atoms with van der Waals surface area (Å²) in [7, 11) is 1.87. The predicted molar refractivity (Wildman–Crippen MR) is 131 cm³/mol. The minimum absolute atomic E-state index is 0.00721. The molecule has 2 saturated carbocycles. The largest absolute Gasteiger partial charge is 0.444 e. The van der Waals surface area contributed by atoms with Crippen LogP contribution in [0.5, 0.6) is 0 Å². The number of hydrogen-bond donors (Lipinski definition) is 0. The van der Waals surface area contributed by atoms with E-state index < -0.39 is 5.60 Å².